The van der Waals surface area contributed by atoms with E-state index in [0.717, 1.165) is 0 Å². The molecule has 0 spiro atoms. The topological polar surface area (TPSA) is 69.2 Å². The standard InChI is InChI=1S/C13H17NO3/c1-9(8-10(2)13(16)17)12(15)14-11-6-4-3-5-7-11/h3-7,9-10H,8H2,1-2H3,(H,14,15)(H,16,17)/p-1/t9-,10-/m1/s1. The zero-order valence-corrected chi connectivity index (χ0v) is 9.97. The van der Waals surface area contributed by atoms with Gasteiger partial charge in [0.15, 0.2) is 0 Å². The van der Waals surface area contributed by atoms with Crippen LogP contribution in [0.15, 0.2) is 30.3 Å². The van der Waals surface area contributed by atoms with Gasteiger partial charge in [0.25, 0.3) is 0 Å². The fraction of sp³-hybridized carbons (Fsp3) is 0.385. The summed E-state index contributed by atoms with van der Waals surface area (Å²) in [6.45, 7) is 3.25. The van der Waals surface area contributed by atoms with Gasteiger partial charge < -0.3 is 15.2 Å². The summed E-state index contributed by atoms with van der Waals surface area (Å²) in [4.78, 5) is 22.3. The molecule has 0 aliphatic carbocycles. The molecule has 1 rings (SSSR count). The Labute approximate surface area is 101 Å². The first-order valence-corrected chi connectivity index (χ1v) is 5.57. The highest BCUT2D eigenvalue weighted by Gasteiger charge is 2.16. The number of carbonyl (C=O) groups is 2. The predicted molar refractivity (Wildman–Crippen MR) is 63.0 cm³/mol. The monoisotopic (exact) mass is 234 g/mol. The summed E-state index contributed by atoms with van der Waals surface area (Å²) in [5.74, 6) is -2.27. The van der Waals surface area contributed by atoms with Gasteiger partial charge in [0.1, 0.15) is 0 Å². The molecule has 0 unspecified atom stereocenters. The van der Waals surface area contributed by atoms with Gasteiger partial charge in [-0.25, -0.2) is 0 Å². The van der Waals surface area contributed by atoms with E-state index >= 15 is 0 Å². The molecule has 0 aromatic heterocycles. The third kappa shape index (κ3) is 4.26. The normalized spacial score (nSPS) is 13.8. The number of anilines is 1. The van der Waals surface area contributed by atoms with E-state index in [9.17, 15) is 14.7 Å². The first-order valence-electron chi connectivity index (χ1n) is 5.57. The van der Waals surface area contributed by atoms with Gasteiger partial charge in [0.05, 0.1) is 0 Å². The molecule has 17 heavy (non-hydrogen) atoms. The van der Waals surface area contributed by atoms with Gasteiger partial charge in [0, 0.05) is 17.6 Å². The number of carboxylic acids is 1. The van der Waals surface area contributed by atoms with Crippen LogP contribution in [0.4, 0.5) is 5.69 Å². The quantitative estimate of drug-likeness (QED) is 0.827. The molecular formula is C13H16NO3-. The Morgan fingerprint density at radius 2 is 1.76 bits per heavy atom. The van der Waals surface area contributed by atoms with Gasteiger partial charge in [-0.15, -0.1) is 0 Å². The molecule has 0 fully saturated rings. The Morgan fingerprint density at radius 3 is 2.29 bits per heavy atom. The highest BCUT2D eigenvalue weighted by Crippen LogP contribution is 2.14. The van der Waals surface area contributed by atoms with Crippen LogP contribution in [0.1, 0.15) is 20.3 Å². The van der Waals surface area contributed by atoms with E-state index in [-0.39, 0.29) is 18.2 Å². The zero-order valence-electron chi connectivity index (χ0n) is 9.97. The van der Waals surface area contributed by atoms with Crippen LogP contribution in [-0.2, 0) is 9.59 Å². The molecule has 4 heteroatoms. The number of aliphatic carboxylic acids is 1. The molecule has 92 valence electrons. The molecule has 0 aliphatic rings. The Hall–Kier alpha value is -1.84. The minimum Gasteiger partial charge on any atom is -0.550 e. The number of para-hydroxylation sites is 1. The molecule has 0 saturated heterocycles. The molecule has 1 aromatic rings. The fourth-order valence-electron chi connectivity index (χ4n) is 1.52. The Bertz CT molecular complexity index is 389. The SMILES string of the molecule is C[C@H](C[C@@H](C)C(=O)Nc1ccccc1)C(=O)[O-]. The highest BCUT2D eigenvalue weighted by molar-refractivity contribution is 5.92. The van der Waals surface area contributed by atoms with Crippen molar-refractivity contribution < 1.29 is 14.7 Å². The Balaban J connectivity index is 2.50. The van der Waals surface area contributed by atoms with Crippen molar-refractivity contribution in [3.63, 3.8) is 0 Å². The van der Waals surface area contributed by atoms with Crippen LogP contribution in [-0.4, -0.2) is 11.9 Å². The number of hydrogen-bond acceptors (Lipinski definition) is 3. The lowest BCUT2D eigenvalue weighted by Gasteiger charge is -2.17. The van der Waals surface area contributed by atoms with Crippen molar-refractivity contribution in [2.24, 2.45) is 11.8 Å². The van der Waals surface area contributed by atoms with Crippen LogP contribution in [0, 0.1) is 11.8 Å². The molecule has 1 N–H and O–H groups in total. The third-order valence-corrected chi connectivity index (χ3v) is 2.60. The van der Waals surface area contributed by atoms with Gasteiger partial charge in [-0.05, 0) is 24.5 Å². The average molecular weight is 234 g/mol. The molecule has 0 saturated carbocycles. The van der Waals surface area contributed by atoms with Crippen LogP contribution in [0.5, 0.6) is 0 Å². The molecule has 0 bridgehead atoms. The molecule has 2 atom stereocenters. The van der Waals surface area contributed by atoms with E-state index in [2.05, 4.69) is 5.32 Å². The number of benzene rings is 1. The maximum Gasteiger partial charge on any atom is 0.227 e. The second-order valence-electron chi connectivity index (χ2n) is 4.21. The number of rotatable bonds is 5. The van der Waals surface area contributed by atoms with Crippen molar-refractivity contribution in [2.75, 3.05) is 5.32 Å². The minimum atomic E-state index is -1.12. The van der Waals surface area contributed by atoms with E-state index in [1.807, 2.05) is 18.2 Å². The van der Waals surface area contributed by atoms with Crippen molar-refractivity contribution in [3.8, 4) is 0 Å². The van der Waals surface area contributed by atoms with Crippen LogP contribution in [0.25, 0.3) is 0 Å². The maximum absolute atomic E-state index is 11.7. The fourth-order valence-corrected chi connectivity index (χ4v) is 1.52. The number of carboxylic acid groups (broad SMARTS) is 1. The van der Waals surface area contributed by atoms with Crippen molar-refractivity contribution in [1.82, 2.24) is 0 Å². The zero-order chi connectivity index (χ0) is 12.8. The molecule has 4 nitrogen and oxygen atoms in total. The lowest BCUT2D eigenvalue weighted by molar-refractivity contribution is -0.311. The van der Waals surface area contributed by atoms with Gasteiger partial charge in [-0.1, -0.05) is 32.0 Å². The smallest absolute Gasteiger partial charge is 0.227 e. The lowest BCUT2D eigenvalue weighted by atomic mass is 9.97. The predicted octanol–water partition coefficient (Wildman–Crippen LogP) is 1.04. The summed E-state index contributed by atoms with van der Waals surface area (Å²) in [7, 11) is 0. The molecule has 0 heterocycles. The average Bonchev–Trinajstić information content (AvgIpc) is 2.29. The summed E-state index contributed by atoms with van der Waals surface area (Å²) in [6.07, 6.45) is 0.279. The van der Waals surface area contributed by atoms with E-state index in [1.165, 1.54) is 0 Å². The highest BCUT2D eigenvalue weighted by atomic mass is 16.4. The Kier molecular flexibility index (Phi) is 4.69. The number of hydrogen-bond donors (Lipinski definition) is 1. The minimum absolute atomic E-state index is 0.177. The van der Waals surface area contributed by atoms with Crippen LogP contribution < -0.4 is 10.4 Å². The van der Waals surface area contributed by atoms with E-state index in [4.69, 9.17) is 0 Å². The van der Waals surface area contributed by atoms with E-state index in [0.29, 0.717) is 5.69 Å². The lowest BCUT2D eigenvalue weighted by Crippen LogP contribution is -2.32. The van der Waals surface area contributed by atoms with Gasteiger partial charge in [0.2, 0.25) is 5.91 Å². The van der Waals surface area contributed by atoms with Gasteiger partial charge in [-0.3, -0.25) is 4.79 Å². The number of nitrogens with one attached hydrogen (secondary N) is 1. The maximum atomic E-state index is 11.7. The first-order chi connectivity index (χ1) is 8.00. The summed E-state index contributed by atoms with van der Waals surface area (Å²) < 4.78 is 0. The van der Waals surface area contributed by atoms with E-state index in [1.54, 1.807) is 26.0 Å². The van der Waals surface area contributed by atoms with Crippen LogP contribution in [0.3, 0.4) is 0 Å². The largest absolute Gasteiger partial charge is 0.550 e. The Morgan fingerprint density at radius 1 is 1.18 bits per heavy atom. The van der Waals surface area contributed by atoms with Crippen LogP contribution >= 0.6 is 0 Å². The first kappa shape index (κ1) is 13.2. The van der Waals surface area contributed by atoms with Crippen molar-refractivity contribution >= 4 is 17.6 Å². The molecule has 1 aromatic carbocycles. The molecular weight excluding hydrogens is 218 g/mol. The molecule has 0 aliphatic heterocycles. The molecule has 1 amide bonds. The summed E-state index contributed by atoms with van der Waals surface area (Å²) in [5, 5.41) is 13.3. The van der Waals surface area contributed by atoms with Gasteiger partial charge >= 0.3 is 0 Å². The van der Waals surface area contributed by atoms with Crippen LogP contribution in [0.2, 0.25) is 0 Å². The number of carbonyl (C=O) groups excluding carboxylic acids is 2. The molecule has 0 radical (unpaired) electrons. The van der Waals surface area contributed by atoms with Crippen molar-refractivity contribution in [1.29, 1.82) is 0 Å². The van der Waals surface area contributed by atoms with E-state index < -0.39 is 11.9 Å². The van der Waals surface area contributed by atoms with Gasteiger partial charge in [-0.2, -0.15) is 0 Å². The summed E-state index contributed by atoms with van der Waals surface area (Å²) in [5.41, 5.74) is 0.713. The van der Waals surface area contributed by atoms with Crippen molar-refractivity contribution in [3.05, 3.63) is 30.3 Å². The van der Waals surface area contributed by atoms with Crippen molar-refractivity contribution in [2.45, 2.75) is 20.3 Å². The third-order valence-electron chi connectivity index (χ3n) is 2.60. The second-order valence-corrected chi connectivity index (χ2v) is 4.21. The summed E-state index contributed by atoms with van der Waals surface area (Å²) >= 11 is 0. The second kappa shape index (κ2) is 6.03. The number of amides is 1. The summed E-state index contributed by atoms with van der Waals surface area (Å²) in [6, 6.07) is 9.07.